The third-order valence-corrected chi connectivity index (χ3v) is 8.49. The fourth-order valence-electron chi connectivity index (χ4n) is 3.74. The Morgan fingerprint density at radius 2 is 1.55 bits per heavy atom. The minimum Gasteiger partial charge on any atom is -0.490 e. The molecule has 0 radical (unpaired) electrons. The van der Waals surface area contributed by atoms with E-state index in [4.69, 9.17) is 4.74 Å². The van der Waals surface area contributed by atoms with E-state index in [0.29, 0.717) is 6.10 Å². The van der Waals surface area contributed by atoms with Crippen molar-refractivity contribution in [3.05, 3.63) is 64.7 Å². The lowest BCUT2D eigenvalue weighted by Crippen LogP contribution is -2.29. The van der Waals surface area contributed by atoms with Gasteiger partial charge in [0.1, 0.15) is 5.75 Å². The quantitative estimate of drug-likeness (QED) is 0.574. The Hall–Kier alpha value is -1.81. The maximum Gasteiger partial charge on any atom is 0.159 e. The van der Waals surface area contributed by atoms with Crippen molar-refractivity contribution in [3.8, 4) is 5.75 Å². The smallest absolute Gasteiger partial charge is 0.159 e. The summed E-state index contributed by atoms with van der Waals surface area (Å²) in [7, 11) is -3.15. The normalized spacial score (nSPS) is 15.6. The van der Waals surface area contributed by atoms with Crippen LogP contribution in [0.5, 0.6) is 5.75 Å². The fraction of sp³-hybridized carbons (Fsp3) is 0.520. The lowest BCUT2D eigenvalue weighted by molar-refractivity contribution is 0.210. The molecule has 0 spiro atoms. The van der Waals surface area contributed by atoms with Crippen LogP contribution in [0.25, 0.3) is 0 Å². The van der Waals surface area contributed by atoms with Gasteiger partial charge in [-0.15, -0.1) is 0 Å². The van der Waals surface area contributed by atoms with Gasteiger partial charge in [0.2, 0.25) is 0 Å². The van der Waals surface area contributed by atoms with Crippen LogP contribution in [-0.4, -0.2) is 19.3 Å². The second kappa shape index (κ2) is 8.91. The molecule has 2 aromatic carbocycles. The molecule has 0 unspecified atom stereocenters. The predicted octanol–water partition coefficient (Wildman–Crippen LogP) is 5.81. The zero-order valence-corrected chi connectivity index (χ0v) is 19.0. The van der Waals surface area contributed by atoms with Crippen LogP contribution in [0.3, 0.4) is 0 Å². The lowest BCUT2D eigenvalue weighted by atomic mass is 10.00. The van der Waals surface area contributed by atoms with E-state index in [2.05, 4.69) is 37.3 Å². The average Bonchev–Trinajstić information content (AvgIpc) is 3.14. The summed E-state index contributed by atoms with van der Waals surface area (Å²) in [6.07, 6.45) is 7.21. The second-order valence-electron chi connectivity index (χ2n) is 9.30. The van der Waals surface area contributed by atoms with E-state index in [1.165, 1.54) is 42.4 Å². The first-order chi connectivity index (χ1) is 13.6. The van der Waals surface area contributed by atoms with Gasteiger partial charge in [0.15, 0.2) is 9.84 Å². The fourth-order valence-corrected chi connectivity index (χ4v) is 4.80. The average molecular weight is 415 g/mol. The lowest BCUT2D eigenvalue weighted by Gasteiger charge is -2.19. The minimum atomic E-state index is -3.15. The van der Waals surface area contributed by atoms with Gasteiger partial charge in [0, 0.05) is 0 Å². The molecule has 0 amide bonds. The molecule has 4 heteroatoms. The molecule has 158 valence electrons. The van der Waals surface area contributed by atoms with E-state index in [9.17, 15) is 8.42 Å². The number of hydrogen-bond acceptors (Lipinski definition) is 3. The van der Waals surface area contributed by atoms with E-state index in [1.54, 1.807) is 20.8 Å². The van der Waals surface area contributed by atoms with E-state index in [1.807, 2.05) is 12.1 Å². The van der Waals surface area contributed by atoms with Crippen molar-refractivity contribution >= 4 is 9.84 Å². The van der Waals surface area contributed by atoms with Crippen molar-refractivity contribution in [2.75, 3.05) is 0 Å². The Morgan fingerprint density at radius 1 is 0.931 bits per heavy atom. The molecular weight excluding hydrogens is 380 g/mol. The molecule has 0 atom stereocenters. The minimum absolute atomic E-state index is 0.0956. The molecule has 0 bridgehead atoms. The van der Waals surface area contributed by atoms with Gasteiger partial charge in [-0.05, 0) is 101 Å². The number of rotatable bonds is 7. The molecule has 0 heterocycles. The molecule has 3 nitrogen and oxygen atoms in total. The van der Waals surface area contributed by atoms with E-state index in [-0.39, 0.29) is 5.75 Å². The standard InChI is InChI=1S/C25H34O3S/c1-19-17-24(28-23-7-5-6-8-23)16-15-22(19)14-13-20-9-11-21(12-10-20)18-29(26,27)25(2,3)4/h9-12,15-17,23H,5-8,13-14,18H2,1-4H3. The summed E-state index contributed by atoms with van der Waals surface area (Å²) in [5.41, 5.74) is 4.69. The summed E-state index contributed by atoms with van der Waals surface area (Å²) in [4.78, 5) is 0. The van der Waals surface area contributed by atoms with Crippen LogP contribution in [0.15, 0.2) is 42.5 Å². The summed E-state index contributed by atoms with van der Waals surface area (Å²) < 4.78 is 30.1. The van der Waals surface area contributed by atoms with Crippen LogP contribution in [-0.2, 0) is 28.4 Å². The number of hydrogen-bond donors (Lipinski definition) is 0. The molecule has 0 N–H and O–H groups in total. The molecule has 1 saturated carbocycles. The van der Waals surface area contributed by atoms with Gasteiger partial charge in [-0.3, -0.25) is 0 Å². The molecule has 1 fully saturated rings. The van der Waals surface area contributed by atoms with Crippen LogP contribution in [0.2, 0.25) is 0 Å². The van der Waals surface area contributed by atoms with Crippen LogP contribution in [0.1, 0.15) is 68.7 Å². The number of sulfone groups is 1. The van der Waals surface area contributed by atoms with Gasteiger partial charge in [-0.1, -0.05) is 30.3 Å². The Bertz CT molecular complexity index is 916. The summed E-state index contributed by atoms with van der Waals surface area (Å²) in [5, 5.41) is 0. The highest BCUT2D eigenvalue weighted by Crippen LogP contribution is 2.26. The van der Waals surface area contributed by atoms with E-state index in [0.717, 1.165) is 24.2 Å². The highest BCUT2D eigenvalue weighted by molar-refractivity contribution is 7.91. The second-order valence-corrected chi connectivity index (χ2v) is 12.0. The van der Waals surface area contributed by atoms with Crippen molar-refractivity contribution in [2.24, 2.45) is 0 Å². The predicted molar refractivity (Wildman–Crippen MR) is 120 cm³/mol. The molecule has 0 aromatic heterocycles. The Kier molecular flexibility index (Phi) is 6.72. The zero-order valence-electron chi connectivity index (χ0n) is 18.2. The summed E-state index contributed by atoms with van der Waals surface area (Å²) in [6, 6.07) is 14.5. The first kappa shape index (κ1) is 21.9. The highest BCUT2D eigenvalue weighted by Gasteiger charge is 2.28. The first-order valence-electron chi connectivity index (χ1n) is 10.7. The van der Waals surface area contributed by atoms with Gasteiger partial charge >= 0.3 is 0 Å². The largest absolute Gasteiger partial charge is 0.490 e. The van der Waals surface area contributed by atoms with Gasteiger partial charge in [0.05, 0.1) is 16.6 Å². The van der Waals surface area contributed by atoms with Crippen molar-refractivity contribution in [1.29, 1.82) is 0 Å². The molecule has 1 aliphatic rings. The Balaban J connectivity index is 1.57. The number of aryl methyl sites for hydroxylation is 3. The zero-order chi connectivity index (χ0) is 21.1. The monoisotopic (exact) mass is 414 g/mol. The van der Waals surface area contributed by atoms with Crippen molar-refractivity contribution in [1.82, 2.24) is 0 Å². The molecule has 0 saturated heterocycles. The van der Waals surface area contributed by atoms with Crippen LogP contribution in [0.4, 0.5) is 0 Å². The maximum atomic E-state index is 12.4. The van der Waals surface area contributed by atoms with Gasteiger partial charge in [-0.25, -0.2) is 8.42 Å². The Morgan fingerprint density at radius 3 is 2.14 bits per heavy atom. The molecule has 2 aromatic rings. The van der Waals surface area contributed by atoms with Crippen LogP contribution < -0.4 is 4.74 Å². The molecule has 0 aliphatic heterocycles. The molecular formula is C25H34O3S. The van der Waals surface area contributed by atoms with Gasteiger partial charge in [0.25, 0.3) is 0 Å². The van der Waals surface area contributed by atoms with E-state index < -0.39 is 14.6 Å². The SMILES string of the molecule is Cc1cc(OC2CCCC2)ccc1CCc1ccc(CS(=O)(=O)C(C)(C)C)cc1. The molecule has 1 aliphatic carbocycles. The van der Waals surface area contributed by atoms with Crippen molar-refractivity contribution in [2.45, 2.75) is 82.8 Å². The third-order valence-electron chi connectivity index (χ3n) is 5.91. The summed E-state index contributed by atoms with van der Waals surface area (Å²) in [6.45, 7) is 7.41. The number of benzene rings is 2. The van der Waals surface area contributed by atoms with Gasteiger partial charge < -0.3 is 4.74 Å². The first-order valence-corrected chi connectivity index (χ1v) is 12.4. The van der Waals surface area contributed by atoms with E-state index >= 15 is 0 Å². The van der Waals surface area contributed by atoms with Gasteiger partial charge in [-0.2, -0.15) is 0 Å². The van der Waals surface area contributed by atoms with Crippen LogP contribution in [0, 0.1) is 6.92 Å². The van der Waals surface area contributed by atoms with Crippen molar-refractivity contribution in [3.63, 3.8) is 0 Å². The topological polar surface area (TPSA) is 43.4 Å². The molecule has 3 rings (SSSR count). The third kappa shape index (κ3) is 5.85. The number of ether oxygens (including phenoxy) is 1. The summed E-state index contributed by atoms with van der Waals surface area (Å²) in [5.74, 6) is 1.08. The van der Waals surface area contributed by atoms with Crippen molar-refractivity contribution < 1.29 is 13.2 Å². The highest BCUT2D eigenvalue weighted by atomic mass is 32.2. The summed E-state index contributed by atoms with van der Waals surface area (Å²) >= 11 is 0. The Labute approximate surface area is 176 Å². The molecule has 29 heavy (non-hydrogen) atoms. The van der Waals surface area contributed by atoms with Crippen LogP contribution >= 0.6 is 0 Å². The maximum absolute atomic E-state index is 12.4.